The minimum atomic E-state index is 0.623. The first-order valence-electron chi connectivity index (χ1n) is 6.46. The molecule has 1 aliphatic heterocycles. The number of rotatable bonds is 3. The van der Waals surface area contributed by atoms with E-state index >= 15 is 0 Å². The fourth-order valence-electron chi connectivity index (χ4n) is 2.64. The Morgan fingerprint density at radius 1 is 1.41 bits per heavy atom. The first-order valence-corrected chi connectivity index (χ1v) is 6.46. The van der Waals surface area contributed by atoms with E-state index in [1.807, 2.05) is 12.1 Å². The molecule has 0 aromatic heterocycles. The molecule has 1 saturated heterocycles. The van der Waals surface area contributed by atoms with E-state index in [0.717, 1.165) is 23.7 Å². The van der Waals surface area contributed by atoms with Gasteiger partial charge in [0.2, 0.25) is 0 Å². The van der Waals surface area contributed by atoms with Crippen molar-refractivity contribution in [3.8, 4) is 5.75 Å². The number of nitrogen functional groups attached to an aromatic ring is 1. The second-order valence-electron chi connectivity index (χ2n) is 4.68. The zero-order chi connectivity index (χ0) is 12.3. The number of methoxy groups -OCH3 is 1. The predicted molar refractivity (Wildman–Crippen MR) is 72.7 cm³/mol. The Morgan fingerprint density at radius 3 is 2.94 bits per heavy atom. The van der Waals surface area contributed by atoms with Gasteiger partial charge in [-0.05, 0) is 37.8 Å². The highest BCUT2D eigenvalue weighted by Crippen LogP contribution is 2.33. The van der Waals surface area contributed by atoms with Crippen LogP contribution < -0.4 is 15.4 Å². The minimum absolute atomic E-state index is 0.623. The lowest BCUT2D eigenvalue weighted by molar-refractivity contribution is 0.413. The third-order valence-corrected chi connectivity index (χ3v) is 3.65. The van der Waals surface area contributed by atoms with Gasteiger partial charge in [-0.15, -0.1) is 0 Å². The number of piperidine rings is 1. The fraction of sp³-hybridized carbons (Fsp3) is 0.571. The molecule has 0 radical (unpaired) electrons. The Bertz CT molecular complexity index is 378. The van der Waals surface area contributed by atoms with Crippen LogP contribution in [0.1, 0.15) is 32.6 Å². The number of hydrogen-bond acceptors (Lipinski definition) is 3. The monoisotopic (exact) mass is 234 g/mol. The summed E-state index contributed by atoms with van der Waals surface area (Å²) in [6.07, 6.45) is 5.04. The first kappa shape index (κ1) is 12.1. The molecule has 1 atom stereocenters. The van der Waals surface area contributed by atoms with Crippen LogP contribution in [0.4, 0.5) is 11.4 Å². The summed E-state index contributed by atoms with van der Waals surface area (Å²) < 4.78 is 5.29. The van der Waals surface area contributed by atoms with Crippen molar-refractivity contribution in [1.82, 2.24) is 0 Å². The van der Waals surface area contributed by atoms with E-state index in [4.69, 9.17) is 10.5 Å². The van der Waals surface area contributed by atoms with Crippen LogP contribution in [0.5, 0.6) is 5.75 Å². The highest BCUT2D eigenvalue weighted by atomic mass is 16.5. The lowest BCUT2D eigenvalue weighted by atomic mass is 9.99. The van der Waals surface area contributed by atoms with E-state index < -0.39 is 0 Å². The molecule has 1 aromatic rings. The highest BCUT2D eigenvalue weighted by molar-refractivity contribution is 5.70. The number of ether oxygens (including phenoxy) is 1. The third kappa shape index (κ3) is 2.48. The summed E-state index contributed by atoms with van der Waals surface area (Å²) >= 11 is 0. The predicted octanol–water partition coefficient (Wildman–Crippen LogP) is 3.05. The van der Waals surface area contributed by atoms with Gasteiger partial charge in [0.25, 0.3) is 0 Å². The van der Waals surface area contributed by atoms with Crippen LogP contribution in [0.3, 0.4) is 0 Å². The number of anilines is 2. The molecule has 1 unspecified atom stereocenters. The fourth-order valence-corrected chi connectivity index (χ4v) is 2.64. The second-order valence-corrected chi connectivity index (χ2v) is 4.68. The van der Waals surface area contributed by atoms with Crippen LogP contribution >= 0.6 is 0 Å². The van der Waals surface area contributed by atoms with Crippen molar-refractivity contribution in [3.05, 3.63) is 18.2 Å². The maximum absolute atomic E-state index is 6.09. The molecule has 17 heavy (non-hydrogen) atoms. The molecule has 94 valence electrons. The molecule has 1 aromatic carbocycles. The Morgan fingerprint density at radius 2 is 2.24 bits per heavy atom. The Labute approximate surface area is 104 Å². The van der Waals surface area contributed by atoms with Crippen molar-refractivity contribution in [2.45, 2.75) is 38.6 Å². The molecule has 0 amide bonds. The molecule has 2 rings (SSSR count). The lowest BCUT2D eigenvalue weighted by Crippen LogP contribution is -2.39. The van der Waals surface area contributed by atoms with Crippen molar-refractivity contribution in [2.24, 2.45) is 0 Å². The normalized spacial score (nSPS) is 20.4. The van der Waals surface area contributed by atoms with Gasteiger partial charge in [-0.2, -0.15) is 0 Å². The quantitative estimate of drug-likeness (QED) is 0.817. The SMILES string of the molecule is CCC1CCCCN1c1cc(OC)ccc1N. The molecular weight excluding hydrogens is 212 g/mol. The summed E-state index contributed by atoms with van der Waals surface area (Å²) in [5.41, 5.74) is 8.08. The average Bonchev–Trinajstić information content (AvgIpc) is 2.39. The second kappa shape index (κ2) is 5.30. The molecule has 3 nitrogen and oxygen atoms in total. The summed E-state index contributed by atoms with van der Waals surface area (Å²) in [5.74, 6) is 0.884. The van der Waals surface area contributed by atoms with E-state index in [2.05, 4.69) is 17.9 Å². The molecule has 0 spiro atoms. The Hall–Kier alpha value is -1.38. The largest absolute Gasteiger partial charge is 0.497 e. The zero-order valence-corrected chi connectivity index (χ0v) is 10.8. The average molecular weight is 234 g/mol. The minimum Gasteiger partial charge on any atom is -0.497 e. The van der Waals surface area contributed by atoms with Gasteiger partial charge in [0.15, 0.2) is 0 Å². The van der Waals surface area contributed by atoms with Crippen LogP contribution in [-0.2, 0) is 0 Å². The van der Waals surface area contributed by atoms with Crippen LogP contribution in [0, 0.1) is 0 Å². The van der Waals surface area contributed by atoms with Gasteiger partial charge in [0, 0.05) is 18.7 Å². The maximum atomic E-state index is 6.09. The summed E-state index contributed by atoms with van der Waals surface area (Å²) in [4.78, 5) is 2.45. The zero-order valence-electron chi connectivity index (χ0n) is 10.8. The van der Waals surface area contributed by atoms with Gasteiger partial charge in [-0.25, -0.2) is 0 Å². The van der Waals surface area contributed by atoms with Crippen LogP contribution in [0.15, 0.2) is 18.2 Å². The third-order valence-electron chi connectivity index (χ3n) is 3.65. The summed E-state index contributed by atoms with van der Waals surface area (Å²) in [6, 6.07) is 6.54. The Kier molecular flexibility index (Phi) is 3.77. The summed E-state index contributed by atoms with van der Waals surface area (Å²) in [6.45, 7) is 3.36. The van der Waals surface area contributed by atoms with Gasteiger partial charge in [-0.3, -0.25) is 0 Å². The van der Waals surface area contributed by atoms with Crippen LogP contribution in [0.2, 0.25) is 0 Å². The number of nitrogens with two attached hydrogens (primary N) is 1. The maximum Gasteiger partial charge on any atom is 0.121 e. The molecule has 1 fully saturated rings. The van der Waals surface area contributed by atoms with Gasteiger partial charge >= 0.3 is 0 Å². The van der Waals surface area contributed by atoms with Crippen molar-refractivity contribution >= 4 is 11.4 Å². The van der Waals surface area contributed by atoms with Crippen LogP contribution in [-0.4, -0.2) is 19.7 Å². The van der Waals surface area contributed by atoms with E-state index in [0.29, 0.717) is 6.04 Å². The number of hydrogen-bond donors (Lipinski definition) is 1. The van der Waals surface area contributed by atoms with Gasteiger partial charge in [-0.1, -0.05) is 6.92 Å². The molecular formula is C14H22N2O. The topological polar surface area (TPSA) is 38.5 Å². The van der Waals surface area contributed by atoms with Crippen LogP contribution in [0.25, 0.3) is 0 Å². The summed E-state index contributed by atoms with van der Waals surface area (Å²) in [5, 5.41) is 0. The highest BCUT2D eigenvalue weighted by Gasteiger charge is 2.22. The molecule has 1 heterocycles. The molecule has 1 aliphatic rings. The molecule has 0 bridgehead atoms. The van der Waals surface area contributed by atoms with E-state index in [1.165, 1.54) is 25.7 Å². The number of nitrogens with zero attached hydrogens (tertiary/aromatic N) is 1. The van der Waals surface area contributed by atoms with E-state index in [9.17, 15) is 0 Å². The number of benzene rings is 1. The standard InChI is InChI=1S/C14H22N2O/c1-3-11-6-4-5-9-16(11)14-10-12(17-2)7-8-13(14)15/h7-8,10-11H,3-6,9,15H2,1-2H3. The van der Waals surface area contributed by atoms with Crippen molar-refractivity contribution in [3.63, 3.8) is 0 Å². The van der Waals surface area contributed by atoms with Gasteiger partial charge in [0.1, 0.15) is 5.75 Å². The summed E-state index contributed by atoms with van der Waals surface area (Å²) in [7, 11) is 1.70. The molecule has 0 saturated carbocycles. The van der Waals surface area contributed by atoms with Gasteiger partial charge < -0.3 is 15.4 Å². The smallest absolute Gasteiger partial charge is 0.121 e. The Balaban J connectivity index is 2.30. The van der Waals surface area contributed by atoms with Crippen molar-refractivity contribution in [2.75, 3.05) is 24.3 Å². The lowest BCUT2D eigenvalue weighted by Gasteiger charge is -2.37. The first-order chi connectivity index (χ1) is 8.26. The molecule has 3 heteroatoms. The van der Waals surface area contributed by atoms with E-state index in [-0.39, 0.29) is 0 Å². The van der Waals surface area contributed by atoms with Gasteiger partial charge in [0.05, 0.1) is 18.5 Å². The van der Waals surface area contributed by atoms with Crippen molar-refractivity contribution < 1.29 is 4.74 Å². The molecule has 0 aliphatic carbocycles. The van der Waals surface area contributed by atoms with E-state index in [1.54, 1.807) is 7.11 Å². The van der Waals surface area contributed by atoms with Crippen molar-refractivity contribution in [1.29, 1.82) is 0 Å². The molecule has 2 N–H and O–H groups in total.